The molecule has 6 heterocycles. The zero-order valence-electron chi connectivity index (χ0n) is 26.9. The molecule has 0 aromatic carbocycles. The van der Waals surface area contributed by atoms with Crippen LogP contribution in [0.25, 0.3) is 22.3 Å². The number of imidazole rings is 2. The molecule has 0 bridgehead atoms. The maximum atomic E-state index is 12.7. The molecule has 0 spiro atoms. The molecule has 11 atom stereocenters. The highest BCUT2D eigenvalue weighted by atomic mass is 32.5. The van der Waals surface area contributed by atoms with E-state index in [1.807, 2.05) is 0 Å². The number of methoxy groups -OCH3 is 1. The molecule has 2 saturated heterocycles. The van der Waals surface area contributed by atoms with Crippen LogP contribution in [-0.4, -0.2) is 121 Å². The van der Waals surface area contributed by atoms with Crippen LogP contribution in [0.3, 0.4) is 0 Å². The van der Waals surface area contributed by atoms with Gasteiger partial charge in [0.2, 0.25) is 17.7 Å². The molecule has 12 N–H and O–H groups in total. The Balaban J connectivity index is 1.06. The van der Waals surface area contributed by atoms with E-state index in [1.54, 1.807) is 0 Å². The average Bonchev–Trinajstić information content (AvgIpc) is 3.77. The molecule has 0 amide bonds. The molecule has 6 rings (SSSR count). The number of rotatable bonds is 13. The molecule has 0 aliphatic carbocycles. The summed E-state index contributed by atoms with van der Waals surface area (Å²) >= 11 is 4.60. The number of aromatic amines is 2. The van der Waals surface area contributed by atoms with E-state index in [-0.39, 0.29) is 34.2 Å². The van der Waals surface area contributed by atoms with Crippen LogP contribution >= 0.6 is 22.4 Å². The number of nitrogen functional groups attached to an aromatic ring is 2. The molecular weight excluding hydrogens is 801 g/mol. The highest BCUT2D eigenvalue weighted by molar-refractivity contribution is 8.09. The summed E-state index contributed by atoms with van der Waals surface area (Å²) in [6, 6.07) is 0. The number of aliphatic hydroxyl groups is 3. The quantitative estimate of drug-likeness (QED) is 0.0456. The summed E-state index contributed by atoms with van der Waals surface area (Å²) in [7, 11) is -8.15. The second kappa shape index (κ2) is 14.5. The Kier molecular flexibility index (Phi) is 10.8. The van der Waals surface area contributed by atoms with E-state index < -0.39 is 95.8 Å². The minimum absolute atomic E-state index is 0.0528. The van der Waals surface area contributed by atoms with Crippen LogP contribution in [-0.2, 0) is 59.9 Å². The van der Waals surface area contributed by atoms with Gasteiger partial charge in [-0.2, -0.15) is 4.98 Å². The van der Waals surface area contributed by atoms with Crippen molar-refractivity contribution in [1.82, 2.24) is 34.1 Å². The number of hydrogen-bond donors (Lipinski definition) is 10. The lowest BCUT2D eigenvalue weighted by atomic mass is 10.1. The largest absolute Gasteiger partial charge is 0.479 e. The molecule has 292 valence electrons. The Labute approximate surface area is 299 Å². The molecule has 5 unspecified atom stereocenters. The Hall–Kier alpha value is -3.11. The Morgan fingerprint density at radius 3 is 2.15 bits per heavy atom. The first-order valence-corrected chi connectivity index (χ1v) is 20.4. The van der Waals surface area contributed by atoms with E-state index in [1.165, 1.54) is 29.6 Å². The first-order chi connectivity index (χ1) is 24.7. The first-order valence-electron chi connectivity index (χ1n) is 14.8. The van der Waals surface area contributed by atoms with E-state index in [0.29, 0.717) is 0 Å². The van der Waals surface area contributed by atoms with Crippen molar-refractivity contribution in [1.29, 1.82) is 0 Å². The SMILES string of the molecule is COC1[C@@H](O)[C@@H](COP(=O)(O)OP(O)(=S)OP(=O)(O)OC[C@H]2O[C@@H](n3cnc4c(=O)[nH]c(N)nc43)[C@@H](O)C2O)O[C@H]1[n+]1cn(C)c2c(=O)[nH]c(N)nc21. The van der Waals surface area contributed by atoms with Crippen molar-refractivity contribution in [2.45, 2.75) is 49.1 Å². The first kappa shape index (κ1) is 39.6. The van der Waals surface area contributed by atoms with Crippen LogP contribution in [0.2, 0.25) is 0 Å². The van der Waals surface area contributed by atoms with Crippen LogP contribution in [0.15, 0.2) is 22.2 Å². The minimum Gasteiger partial charge on any atom is -0.387 e. The van der Waals surface area contributed by atoms with Crippen molar-refractivity contribution >= 4 is 68.4 Å². The van der Waals surface area contributed by atoms with Gasteiger partial charge in [0, 0.05) is 7.11 Å². The standard InChI is InChI=1S/C22H31N10O17P3S/c1-30-6-32(16-10(30)18(37)29-22(24)27-16)20-14(43-2)12(34)8(47-20)4-45-51(40,41)49-52(42,53)48-50(38,39)44-3-7-11(33)13(35)19(46-7)31-5-25-9-15(31)26-21(23)28-17(9)36/h5-8,11-14,19-20,33-35H,3-4H2,1-2H3,(H8-,23,24,26,27,28,29,36,37,38,39,40,41,42,53)/p+1/t7-,8-,11?,12+,13+,14?,19-,20-,52?/m1/s1. The van der Waals surface area contributed by atoms with Gasteiger partial charge in [-0.1, -0.05) is 4.98 Å². The number of aliphatic hydroxyl groups excluding tert-OH is 3. The summed E-state index contributed by atoms with van der Waals surface area (Å²) in [6.45, 7) is -7.04. The zero-order chi connectivity index (χ0) is 38.8. The number of nitrogens with one attached hydrogen (secondary N) is 2. The molecule has 31 heteroatoms. The summed E-state index contributed by atoms with van der Waals surface area (Å²) in [5.74, 6) is -0.499. The predicted octanol–water partition coefficient (Wildman–Crippen LogP) is -3.78. The number of H-pyrrole nitrogens is 2. The zero-order valence-corrected chi connectivity index (χ0v) is 30.4. The van der Waals surface area contributed by atoms with Crippen molar-refractivity contribution < 1.29 is 75.6 Å². The topological polar surface area (TPSA) is 390 Å². The Morgan fingerprint density at radius 2 is 1.53 bits per heavy atom. The average molecular weight is 834 g/mol. The predicted molar refractivity (Wildman–Crippen MR) is 175 cm³/mol. The third kappa shape index (κ3) is 8.00. The van der Waals surface area contributed by atoms with Crippen molar-refractivity contribution in [2.24, 2.45) is 7.05 Å². The number of phosphoric acid groups is 2. The molecule has 2 aliphatic heterocycles. The van der Waals surface area contributed by atoms with Crippen molar-refractivity contribution in [3.05, 3.63) is 33.4 Å². The summed E-state index contributed by atoms with van der Waals surface area (Å²) < 4.78 is 64.3. The molecule has 27 nitrogen and oxygen atoms in total. The molecular formula is C22H32N10O17P3S+. The number of aromatic nitrogens is 8. The smallest absolute Gasteiger partial charge is 0.387 e. The number of fused-ring (bicyclic) bond motifs is 2. The molecule has 2 aliphatic rings. The number of ether oxygens (including phenoxy) is 3. The van der Waals surface area contributed by atoms with Gasteiger partial charge in [-0.25, -0.2) is 27.3 Å². The van der Waals surface area contributed by atoms with E-state index in [9.17, 15) is 48.7 Å². The summed E-state index contributed by atoms with van der Waals surface area (Å²) in [5, 5.41) is 31.9. The van der Waals surface area contributed by atoms with Gasteiger partial charge >= 0.3 is 28.0 Å². The summed E-state index contributed by atoms with van der Waals surface area (Å²) in [6.07, 6.45) is -9.25. The lowest BCUT2D eigenvalue weighted by Crippen LogP contribution is -2.47. The third-order valence-electron chi connectivity index (χ3n) is 7.93. The molecule has 53 heavy (non-hydrogen) atoms. The van der Waals surface area contributed by atoms with Crippen molar-refractivity contribution in [3.63, 3.8) is 0 Å². The van der Waals surface area contributed by atoms with Crippen LogP contribution < -0.4 is 27.2 Å². The number of nitrogens with two attached hydrogens (primary N) is 2. The summed E-state index contributed by atoms with van der Waals surface area (Å²) in [5.41, 5.74) is 9.84. The van der Waals surface area contributed by atoms with E-state index in [2.05, 4.69) is 45.3 Å². The highest BCUT2D eigenvalue weighted by Crippen LogP contribution is 2.68. The van der Waals surface area contributed by atoms with Gasteiger partial charge in [0.15, 0.2) is 23.7 Å². The number of hydrogen-bond acceptors (Lipinski definition) is 20. The molecule has 4 aromatic rings. The van der Waals surface area contributed by atoms with E-state index >= 15 is 0 Å². The fourth-order valence-electron chi connectivity index (χ4n) is 5.67. The van der Waals surface area contributed by atoms with Gasteiger partial charge < -0.3 is 55.7 Å². The second-order valence-corrected chi connectivity index (χ2v) is 17.5. The van der Waals surface area contributed by atoms with Crippen molar-refractivity contribution in [2.75, 3.05) is 31.8 Å². The molecule has 2 fully saturated rings. The van der Waals surface area contributed by atoms with Crippen LogP contribution in [0.1, 0.15) is 12.5 Å². The van der Waals surface area contributed by atoms with E-state index in [0.717, 1.165) is 10.9 Å². The Morgan fingerprint density at radius 1 is 0.943 bits per heavy atom. The molecule has 0 radical (unpaired) electrons. The molecule has 0 saturated carbocycles. The minimum atomic E-state index is -5.47. The number of anilines is 2. The molecule has 4 aromatic heterocycles. The van der Waals surface area contributed by atoms with Gasteiger partial charge in [-0.05, 0) is 11.8 Å². The van der Waals surface area contributed by atoms with Crippen LogP contribution in [0.4, 0.5) is 11.9 Å². The normalized spacial score (nSPS) is 29.7. The maximum Gasteiger partial charge on any atom is 0.479 e. The fourth-order valence-corrected chi connectivity index (χ4v) is 10.7. The van der Waals surface area contributed by atoms with Gasteiger partial charge in [-0.15, -0.1) is 0 Å². The lowest BCUT2D eigenvalue weighted by molar-refractivity contribution is -0.746. The van der Waals surface area contributed by atoms with E-state index in [4.69, 9.17) is 34.7 Å². The fraction of sp³-hybridized carbons (Fsp3) is 0.545. The number of aryl methyl sites for hydroxylation is 1. The van der Waals surface area contributed by atoms with Gasteiger partial charge in [-0.3, -0.25) is 37.7 Å². The van der Waals surface area contributed by atoms with Crippen LogP contribution in [0.5, 0.6) is 0 Å². The second-order valence-electron chi connectivity index (χ2n) is 11.5. The Bertz CT molecular complexity index is 2300. The lowest BCUT2D eigenvalue weighted by Gasteiger charge is -2.23. The third-order valence-corrected chi connectivity index (χ3v) is 13.4. The number of phosphoric ester groups is 2. The summed E-state index contributed by atoms with van der Waals surface area (Å²) in [4.78, 5) is 71.8. The van der Waals surface area contributed by atoms with Crippen LogP contribution in [0, 0.1) is 0 Å². The number of nitrogens with zero attached hydrogens (tertiary/aromatic N) is 6. The maximum absolute atomic E-state index is 12.7. The monoisotopic (exact) mass is 833 g/mol. The van der Waals surface area contributed by atoms with Gasteiger partial charge in [0.25, 0.3) is 17.1 Å². The highest BCUT2D eigenvalue weighted by Gasteiger charge is 2.50. The van der Waals surface area contributed by atoms with Crippen molar-refractivity contribution in [3.8, 4) is 0 Å². The van der Waals surface area contributed by atoms with Gasteiger partial charge in [0.1, 0.15) is 36.6 Å². The van der Waals surface area contributed by atoms with Gasteiger partial charge in [0.05, 0.1) is 26.6 Å².